The van der Waals surface area contributed by atoms with Gasteiger partial charge >= 0.3 is 5.97 Å². The molecule has 1 saturated carbocycles. The first-order valence-corrected chi connectivity index (χ1v) is 3.25. The lowest BCUT2D eigenvalue weighted by Gasteiger charge is -1.92. The highest BCUT2D eigenvalue weighted by Gasteiger charge is 2.53. The minimum atomic E-state index is -0.690. The Morgan fingerprint density at radius 3 is 2.38 bits per heavy atom. The Kier molecular flexibility index (Phi) is 1.11. The van der Waals surface area contributed by atoms with Crippen LogP contribution in [0.5, 0.6) is 0 Å². The summed E-state index contributed by atoms with van der Waals surface area (Å²) in [5.74, 6) is -0.841. The van der Waals surface area contributed by atoms with Crippen molar-refractivity contribution in [1.29, 1.82) is 0 Å². The smallest absolute Gasteiger partial charge is 0.307 e. The molecule has 0 saturated heterocycles. The first kappa shape index (κ1) is 6.08. The van der Waals surface area contributed by atoms with Crippen LogP contribution < -0.4 is 0 Å². The molecule has 1 aliphatic carbocycles. The van der Waals surface area contributed by atoms with E-state index in [2.05, 4.69) is 15.9 Å². The molecule has 8 heavy (non-hydrogen) atoms. The van der Waals surface area contributed by atoms with Crippen LogP contribution in [-0.2, 0) is 4.79 Å². The maximum Gasteiger partial charge on any atom is 0.307 e. The Bertz CT molecular complexity index is 130. The number of carboxylic acid groups (broad SMARTS) is 1. The fourth-order valence-corrected chi connectivity index (χ4v) is 1.20. The predicted molar refractivity (Wildman–Crippen MR) is 33.1 cm³/mol. The number of rotatable bonds is 1. The Hall–Kier alpha value is -0.0500. The molecule has 1 aliphatic rings. The largest absolute Gasteiger partial charge is 0.481 e. The maximum absolute atomic E-state index is 10.1. The van der Waals surface area contributed by atoms with Gasteiger partial charge in [-0.3, -0.25) is 4.79 Å². The molecular weight excluding hydrogens is 172 g/mol. The van der Waals surface area contributed by atoms with Gasteiger partial charge < -0.3 is 5.11 Å². The van der Waals surface area contributed by atoms with Gasteiger partial charge in [-0.05, 0) is 13.3 Å². The zero-order valence-electron chi connectivity index (χ0n) is 4.52. The van der Waals surface area contributed by atoms with Crippen molar-refractivity contribution in [2.75, 3.05) is 0 Å². The summed E-state index contributed by atoms with van der Waals surface area (Å²) in [7, 11) is 0. The van der Waals surface area contributed by atoms with Crippen LogP contribution in [-0.4, -0.2) is 15.4 Å². The van der Waals surface area contributed by atoms with Gasteiger partial charge in [0.1, 0.15) is 0 Å². The average molecular weight is 179 g/mol. The van der Waals surface area contributed by atoms with Crippen LogP contribution in [0, 0.1) is 5.92 Å². The fourth-order valence-electron chi connectivity index (χ4n) is 0.685. The first-order chi connectivity index (χ1) is 3.54. The highest BCUT2D eigenvalue weighted by atomic mass is 79.9. The second kappa shape index (κ2) is 1.47. The fraction of sp³-hybridized carbons (Fsp3) is 0.800. The van der Waals surface area contributed by atoms with Crippen LogP contribution in [0.15, 0.2) is 0 Å². The maximum atomic E-state index is 10.1. The molecule has 0 amide bonds. The molecule has 1 N–H and O–H groups in total. The summed E-state index contributed by atoms with van der Waals surface area (Å²) in [4.78, 5) is 10.1. The lowest BCUT2D eigenvalue weighted by atomic mass is 10.3. The van der Waals surface area contributed by atoms with Gasteiger partial charge in [-0.15, -0.1) is 0 Å². The molecule has 0 radical (unpaired) electrons. The van der Waals surface area contributed by atoms with Gasteiger partial charge in [0.15, 0.2) is 0 Å². The molecule has 0 aromatic carbocycles. The molecule has 0 aromatic heterocycles. The van der Waals surface area contributed by atoms with Crippen molar-refractivity contribution in [3.63, 3.8) is 0 Å². The molecule has 0 bridgehead atoms. The number of halogens is 1. The minimum Gasteiger partial charge on any atom is -0.481 e. The van der Waals surface area contributed by atoms with E-state index in [1.165, 1.54) is 0 Å². The second-order valence-electron chi connectivity index (χ2n) is 2.37. The molecule has 3 heteroatoms. The van der Waals surface area contributed by atoms with E-state index in [1.54, 1.807) is 0 Å². The van der Waals surface area contributed by atoms with E-state index in [1.807, 2.05) is 6.92 Å². The standard InChI is InChI=1S/C5H7BrO2/c1-5(6)2-3(5)4(7)8/h3H,2H2,1H3,(H,7,8). The summed E-state index contributed by atoms with van der Waals surface area (Å²) in [5.41, 5.74) is 0. The third-order valence-electron chi connectivity index (χ3n) is 1.47. The average Bonchev–Trinajstić information content (AvgIpc) is 2.13. The highest BCUT2D eigenvalue weighted by Crippen LogP contribution is 2.50. The predicted octanol–water partition coefficient (Wildman–Crippen LogP) is 1.24. The zero-order chi connectivity index (χ0) is 6.36. The van der Waals surface area contributed by atoms with Crippen molar-refractivity contribution in [2.24, 2.45) is 5.92 Å². The van der Waals surface area contributed by atoms with Crippen LogP contribution in [0.4, 0.5) is 0 Å². The van der Waals surface area contributed by atoms with Crippen molar-refractivity contribution in [3.8, 4) is 0 Å². The van der Waals surface area contributed by atoms with E-state index >= 15 is 0 Å². The molecule has 1 fully saturated rings. The topological polar surface area (TPSA) is 37.3 Å². The number of carboxylic acids is 1. The lowest BCUT2D eigenvalue weighted by Crippen LogP contribution is -2.04. The van der Waals surface area contributed by atoms with Crippen LogP contribution in [0.3, 0.4) is 0 Å². The summed E-state index contributed by atoms with van der Waals surface area (Å²) >= 11 is 3.27. The summed E-state index contributed by atoms with van der Waals surface area (Å²) in [6.07, 6.45) is 0.766. The molecule has 0 aliphatic heterocycles. The quantitative estimate of drug-likeness (QED) is 0.615. The van der Waals surface area contributed by atoms with Gasteiger partial charge in [0.25, 0.3) is 0 Å². The molecule has 2 unspecified atom stereocenters. The number of hydrogen-bond acceptors (Lipinski definition) is 1. The number of alkyl halides is 1. The molecule has 1 rings (SSSR count). The van der Waals surface area contributed by atoms with Crippen molar-refractivity contribution in [1.82, 2.24) is 0 Å². The minimum absolute atomic E-state index is 0.0984. The van der Waals surface area contributed by atoms with Gasteiger partial charge in [-0.1, -0.05) is 15.9 Å². The van der Waals surface area contributed by atoms with Gasteiger partial charge in [-0.2, -0.15) is 0 Å². The highest BCUT2D eigenvalue weighted by molar-refractivity contribution is 9.10. The van der Waals surface area contributed by atoms with Crippen molar-refractivity contribution < 1.29 is 9.90 Å². The molecule has 0 aromatic rings. The molecule has 0 spiro atoms. The Balaban J connectivity index is 2.48. The Labute approximate surface area is 56.0 Å². The van der Waals surface area contributed by atoms with Crippen LogP contribution in [0.1, 0.15) is 13.3 Å². The van der Waals surface area contributed by atoms with Crippen molar-refractivity contribution in [2.45, 2.75) is 17.7 Å². The van der Waals surface area contributed by atoms with Crippen LogP contribution in [0.25, 0.3) is 0 Å². The van der Waals surface area contributed by atoms with Crippen LogP contribution in [0.2, 0.25) is 0 Å². The van der Waals surface area contributed by atoms with E-state index < -0.39 is 5.97 Å². The molecule has 2 atom stereocenters. The van der Waals surface area contributed by atoms with Crippen molar-refractivity contribution >= 4 is 21.9 Å². The number of aliphatic carboxylic acids is 1. The SMILES string of the molecule is CC1(Br)CC1C(=O)O. The lowest BCUT2D eigenvalue weighted by molar-refractivity contribution is -0.138. The van der Waals surface area contributed by atoms with Crippen molar-refractivity contribution in [3.05, 3.63) is 0 Å². The monoisotopic (exact) mass is 178 g/mol. The summed E-state index contributed by atoms with van der Waals surface area (Å²) in [6, 6.07) is 0. The number of carbonyl (C=O) groups is 1. The van der Waals surface area contributed by atoms with E-state index in [0.717, 1.165) is 6.42 Å². The Morgan fingerprint density at radius 1 is 2.00 bits per heavy atom. The molecule has 2 nitrogen and oxygen atoms in total. The third kappa shape index (κ3) is 0.869. The second-order valence-corrected chi connectivity index (χ2v) is 4.18. The zero-order valence-corrected chi connectivity index (χ0v) is 6.10. The van der Waals surface area contributed by atoms with E-state index in [4.69, 9.17) is 5.11 Å². The van der Waals surface area contributed by atoms with Gasteiger partial charge in [0.05, 0.1) is 5.92 Å². The Morgan fingerprint density at radius 2 is 2.38 bits per heavy atom. The molecular formula is C5H7BrO2. The summed E-state index contributed by atoms with van der Waals surface area (Å²) < 4.78 is -0.0984. The van der Waals surface area contributed by atoms with Crippen LogP contribution >= 0.6 is 15.9 Å². The molecule has 46 valence electrons. The first-order valence-electron chi connectivity index (χ1n) is 2.46. The van der Waals surface area contributed by atoms with E-state index in [0.29, 0.717) is 0 Å². The molecule has 0 heterocycles. The summed E-state index contributed by atoms with van der Waals surface area (Å²) in [6.45, 7) is 1.89. The van der Waals surface area contributed by atoms with E-state index in [9.17, 15) is 4.79 Å². The number of hydrogen-bond donors (Lipinski definition) is 1. The van der Waals surface area contributed by atoms with Gasteiger partial charge in [0.2, 0.25) is 0 Å². The third-order valence-corrected chi connectivity index (χ3v) is 2.34. The summed E-state index contributed by atoms with van der Waals surface area (Å²) in [5, 5.41) is 8.36. The normalized spacial score (nSPS) is 44.0. The van der Waals surface area contributed by atoms with Gasteiger partial charge in [0, 0.05) is 4.32 Å². The van der Waals surface area contributed by atoms with E-state index in [-0.39, 0.29) is 10.2 Å². The van der Waals surface area contributed by atoms with Gasteiger partial charge in [-0.25, -0.2) is 0 Å².